The number of hydrogen-bond donors (Lipinski definition) is 2. The van der Waals surface area contributed by atoms with Crippen LogP contribution in [0.1, 0.15) is 30.4 Å². The summed E-state index contributed by atoms with van der Waals surface area (Å²) in [6, 6.07) is 13.2. The third-order valence-corrected chi connectivity index (χ3v) is 3.67. The van der Waals surface area contributed by atoms with Crippen LogP contribution >= 0.6 is 0 Å². The Morgan fingerprint density at radius 1 is 0.632 bits per heavy atom. The average molecular weight is 256 g/mol. The molecule has 4 N–H and O–H groups in total. The molecule has 0 aliphatic rings. The first kappa shape index (κ1) is 14.0. The molecule has 0 bridgehead atoms. The number of hydrogen-bond acceptors (Lipinski definition) is 2. The van der Waals surface area contributed by atoms with Crippen LogP contribution in [0.15, 0.2) is 36.4 Å². The van der Waals surface area contributed by atoms with Gasteiger partial charge in [0.25, 0.3) is 0 Å². The third kappa shape index (κ3) is 3.55. The first-order valence-corrected chi connectivity index (χ1v) is 7.26. The van der Waals surface area contributed by atoms with Crippen molar-refractivity contribution in [3.8, 4) is 0 Å². The Morgan fingerprint density at radius 2 is 1.26 bits per heavy atom. The summed E-state index contributed by atoms with van der Waals surface area (Å²) in [7, 11) is 0. The van der Waals surface area contributed by atoms with Gasteiger partial charge in [-0.25, -0.2) is 0 Å². The molecule has 2 heteroatoms. The first-order valence-electron chi connectivity index (χ1n) is 7.26. The molecule has 0 radical (unpaired) electrons. The second-order valence-corrected chi connectivity index (χ2v) is 5.07. The minimum absolute atomic E-state index is 0.708. The molecule has 2 rings (SSSR count). The highest BCUT2D eigenvalue weighted by Gasteiger charge is 2.05. The van der Waals surface area contributed by atoms with Gasteiger partial charge in [-0.3, -0.25) is 0 Å². The molecule has 0 spiro atoms. The van der Waals surface area contributed by atoms with Gasteiger partial charge in [0.15, 0.2) is 0 Å². The molecule has 0 atom stereocenters. The molecule has 2 aromatic rings. The van der Waals surface area contributed by atoms with E-state index in [1.165, 1.54) is 34.7 Å². The summed E-state index contributed by atoms with van der Waals surface area (Å²) in [5.41, 5.74) is 14.0. The van der Waals surface area contributed by atoms with Crippen molar-refractivity contribution in [3.05, 3.63) is 47.5 Å². The number of nitrogens with two attached hydrogens (primary N) is 2. The predicted molar refractivity (Wildman–Crippen MR) is 83.3 cm³/mol. The largest absolute Gasteiger partial charge is 0.330 e. The highest BCUT2D eigenvalue weighted by Crippen LogP contribution is 2.24. The third-order valence-electron chi connectivity index (χ3n) is 3.67. The van der Waals surface area contributed by atoms with Crippen LogP contribution < -0.4 is 11.5 Å². The number of benzene rings is 2. The van der Waals surface area contributed by atoms with Crippen LogP contribution in [-0.4, -0.2) is 13.1 Å². The van der Waals surface area contributed by atoms with Gasteiger partial charge in [-0.05, 0) is 60.7 Å². The number of fused-ring (bicyclic) bond motifs is 1. The van der Waals surface area contributed by atoms with Gasteiger partial charge in [0.1, 0.15) is 0 Å². The summed E-state index contributed by atoms with van der Waals surface area (Å²) in [5, 5.41) is 2.76. The molecule has 0 amide bonds. The molecular weight excluding hydrogens is 232 g/mol. The Kier molecular flexibility index (Phi) is 5.37. The maximum absolute atomic E-state index is 5.69. The van der Waals surface area contributed by atoms with Gasteiger partial charge >= 0.3 is 0 Å². The smallest absolute Gasteiger partial charge is 0.00365 e. The van der Waals surface area contributed by atoms with Gasteiger partial charge in [0.05, 0.1) is 0 Å². The van der Waals surface area contributed by atoms with Crippen molar-refractivity contribution in [3.63, 3.8) is 0 Å². The molecule has 0 aromatic heterocycles. The minimum atomic E-state index is 0.708. The molecule has 0 saturated carbocycles. The molecule has 19 heavy (non-hydrogen) atoms. The zero-order chi connectivity index (χ0) is 13.5. The topological polar surface area (TPSA) is 52.0 Å². The van der Waals surface area contributed by atoms with Crippen LogP contribution in [0.5, 0.6) is 0 Å². The van der Waals surface area contributed by atoms with Crippen molar-refractivity contribution in [2.75, 3.05) is 13.1 Å². The van der Waals surface area contributed by atoms with E-state index in [1.807, 2.05) is 0 Å². The molecule has 2 nitrogen and oxygen atoms in total. The summed E-state index contributed by atoms with van der Waals surface area (Å²) in [4.78, 5) is 0. The Labute approximate surface area is 115 Å². The zero-order valence-electron chi connectivity index (χ0n) is 11.6. The predicted octanol–water partition coefficient (Wildman–Crippen LogP) is 3.01. The summed E-state index contributed by atoms with van der Waals surface area (Å²) >= 11 is 0. The fourth-order valence-corrected chi connectivity index (χ4v) is 2.65. The molecular formula is C17H24N2. The van der Waals surface area contributed by atoms with Crippen molar-refractivity contribution >= 4 is 10.8 Å². The first-order chi connectivity index (χ1) is 9.36. The van der Waals surface area contributed by atoms with Crippen LogP contribution in [0.3, 0.4) is 0 Å². The SMILES string of the molecule is NCCCCCc1ccc(CCN)c2ccccc12. The van der Waals surface area contributed by atoms with Crippen LogP contribution in [0, 0.1) is 0 Å². The highest BCUT2D eigenvalue weighted by atomic mass is 14.5. The fourth-order valence-electron chi connectivity index (χ4n) is 2.65. The lowest BCUT2D eigenvalue weighted by Gasteiger charge is -2.11. The van der Waals surface area contributed by atoms with Gasteiger partial charge < -0.3 is 11.5 Å². The molecule has 0 saturated heterocycles. The monoisotopic (exact) mass is 256 g/mol. The molecule has 0 fully saturated rings. The maximum Gasteiger partial charge on any atom is -0.00365 e. The summed E-state index contributed by atoms with van der Waals surface area (Å²) in [6.07, 6.45) is 5.66. The van der Waals surface area contributed by atoms with E-state index in [0.717, 1.165) is 25.8 Å². The minimum Gasteiger partial charge on any atom is -0.330 e. The lowest BCUT2D eigenvalue weighted by Crippen LogP contribution is -2.03. The molecule has 2 aromatic carbocycles. The van der Waals surface area contributed by atoms with E-state index in [0.29, 0.717) is 6.54 Å². The molecule has 102 valence electrons. The van der Waals surface area contributed by atoms with Gasteiger partial charge in [0, 0.05) is 0 Å². The standard InChI is InChI=1S/C17H24N2/c18-12-5-1-2-6-14-9-10-15(11-13-19)17-8-4-3-7-16(14)17/h3-4,7-10H,1-2,5-6,11-13,18-19H2. The summed E-state index contributed by atoms with van der Waals surface area (Å²) < 4.78 is 0. The van der Waals surface area contributed by atoms with E-state index in [-0.39, 0.29) is 0 Å². The Hall–Kier alpha value is -1.38. The van der Waals surface area contributed by atoms with Crippen molar-refractivity contribution in [1.29, 1.82) is 0 Å². The number of rotatable bonds is 7. The van der Waals surface area contributed by atoms with E-state index in [9.17, 15) is 0 Å². The summed E-state index contributed by atoms with van der Waals surface area (Å²) in [5.74, 6) is 0. The zero-order valence-corrected chi connectivity index (χ0v) is 11.6. The fraction of sp³-hybridized carbons (Fsp3) is 0.412. The Balaban J connectivity index is 2.22. The van der Waals surface area contributed by atoms with E-state index in [4.69, 9.17) is 11.5 Å². The quantitative estimate of drug-likeness (QED) is 0.748. The van der Waals surface area contributed by atoms with Crippen LogP contribution in [0.4, 0.5) is 0 Å². The van der Waals surface area contributed by atoms with E-state index in [1.54, 1.807) is 0 Å². The molecule has 0 aliphatic carbocycles. The highest BCUT2D eigenvalue weighted by molar-refractivity contribution is 5.88. The van der Waals surface area contributed by atoms with Gasteiger partial charge in [-0.1, -0.05) is 42.8 Å². The lowest BCUT2D eigenvalue weighted by atomic mass is 9.95. The number of unbranched alkanes of at least 4 members (excludes halogenated alkanes) is 2. The Morgan fingerprint density at radius 3 is 1.84 bits per heavy atom. The van der Waals surface area contributed by atoms with E-state index >= 15 is 0 Å². The van der Waals surface area contributed by atoms with Crippen molar-refractivity contribution in [2.45, 2.75) is 32.1 Å². The van der Waals surface area contributed by atoms with Crippen molar-refractivity contribution < 1.29 is 0 Å². The van der Waals surface area contributed by atoms with E-state index in [2.05, 4.69) is 36.4 Å². The van der Waals surface area contributed by atoms with Crippen LogP contribution in [-0.2, 0) is 12.8 Å². The second-order valence-electron chi connectivity index (χ2n) is 5.07. The van der Waals surface area contributed by atoms with Gasteiger partial charge in [0.2, 0.25) is 0 Å². The Bertz CT molecular complexity index is 520. The maximum atomic E-state index is 5.69. The normalized spacial score (nSPS) is 11.1. The molecule has 0 aliphatic heterocycles. The second kappa shape index (κ2) is 7.27. The van der Waals surface area contributed by atoms with Crippen LogP contribution in [0.2, 0.25) is 0 Å². The lowest BCUT2D eigenvalue weighted by molar-refractivity contribution is 0.688. The molecule has 0 heterocycles. The van der Waals surface area contributed by atoms with Gasteiger partial charge in [-0.2, -0.15) is 0 Å². The molecule has 0 unspecified atom stereocenters. The van der Waals surface area contributed by atoms with Crippen molar-refractivity contribution in [2.24, 2.45) is 11.5 Å². The summed E-state index contributed by atoms with van der Waals surface area (Å²) in [6.45, 7) is 1.51. The van der Waals surface area contributed by atoms with E-state index < -0.39 is 0 Å². The van der Waals surface area contributed by atoms with Crippen LogP contribution in [0.25, 0.3) is 10.8 Å². The van der Waals surface area contributed by atoms with Gasteiger partial charge in [-0.15, -0.1) is 0 Å². The number of aryl methyl sites for hydroxylation is 1. The van der Waals surface area contributed by atoms with Crippen molar-refractivity contribution in [1.82, 2.24) is 0 Å². The average Bonchev–Trinajstić information content (AvgIpc) is 2.46.